The first-order chi connectivity index (χ1) is 15.0. The van der Waals surface area contributed by atoms with Crippen molar-refractivity contribution in [2.75, 3.05) is 4.90 Å². The zero-order valence-electron chi connectivity index (χ0n) is 18.7. The molecule has 1 N–H and O–H groups in total. The third-order valence-corrected chi connectivity index (χ3v) is 7.00. The van der Waals surface area contributed by atoms with Gasteiger partial charge in [-0.05, 0) is 86.3 Å². The van der Waals surface area contributed by atoms with E-state index in [1.807, 2.05) is 12.3 Å². The van der Waals surface area contributed by atoms with Crippen LogP contribution in [0.1, 0.15) is 78.9 Å². The first kappa shape index (κ1) is 20.3. The van der Waals surface area contributed by atoms with E-state index in [4.69, 9.17) is 12.2 Å². The lowest BCUT2D eigenvalue weighted by Crippen LogP contribution is -2.29. The minimum Gasteiger partial charge on any atom is -0.351 e. The third kappa shape index (κ3) is 3.55. The molecule has 3 aromatic rings. The number of rotatable bonds is 5. The van der Waals surface area contributed by atoms with Gasteiger partial charge in [0.2, 0.25) is 0 Å². The molecule has 1 saturated heterocycles. The second-order valence-corrected chi connectivity index (χ2v) is 9.56. The normalized spacial score (nSPS) is 21.1. The molecule has 0 spiro atoms. The van der Waals surface area contributed by atoms with E-state index in [0.29, 0.717) is 12.0 Å². The number of anilines is 1. The number of pyridine rings is 1. The van der Waals surface area contributed by atoms with Crippen LogP contribution in [0.4, 0.5) is 5.69 Å². The van der Waals surface area contributed by atoms with Crippen molar-refractivity contribution < 1.29 is 0 Å². The predicted octanol–water partition coefficient (Wildman–Crippen LogP) is 6.14. The van der Waals surface area contributed by atoms with Gasteiger partial charge in [0.25, 0.3) is 0 Å². The van der Waals surface area contributed by atoms with Crippen molar-refractivity contribution in [3.05, 3.63) is 82.9 Å². The molecule has 0 amide bonds. The number of benzene rings is 1. The lowest BCUT2D eigenvalue weighted by atomic mass is 9.96. The topological polar surface area (TPSA) is 33.1 Å². The first-order valence-corrected chi connectivity index (χ1v) is 11.7. The summed E-state index contributed by atoms with van der Waals surface area (Å²) in [7, 11) is 0. The van der Waals surface area contributed by atoms with E-state index in [2.05, 4.69) is 89.9 Å². The minimum atomic E-state index is 0.00614. The summed E-state index contributed by atoms with van der Waals surface area (Å²) in [5.74, 6) is 0.507. The molecular weight excluding hydrogens is 400 g/mol. The number of aryl methyl sites for hydroxylation is 1. The van der Waals surface area contributed by atoms with E-state index in [1.165, 1.54) is 35.4 Å². The Hall–Kier alpha value is -2.66. The lowest BCUT2D eigenvalue weighted by Gasteiger charge is -2.28. The smallest absolute Gasteiger partial charge is 0.174 e. The molecule has 2 aliphatic rings. The van der Waals surface area contributed by atoms with E-state index in [1.54, 1.807) is 0 Å². The van der Waals surface area contributed by atoms with Crippen LogP contribution in [-0.4, -0.2) is 14.7 Å². The molecule has 0 radical (unpaired) electrons. The van der Waals surface area contributed by atoms with Crippen LogP contribution in [0.25, 0.3) is 0 Å². The summed E-state index contributed by atoms with van der Waals surface area (Å²) in [6, 6.07) is 18.1. The Labute approximate surface area is 190 Å². The molecule has 5 rings (SSSR count). The van der Waals surface area contributed by atoms with Crippen LogP contribution in [0.3, 0.4) is 0 Å². The Morgan fingerprint density at radius 2 is 1.81 bits per heavy atom. The maximum Gasteiger partial charge on any atom is 0.174 e. The van der Waals surface area contributed by atoms with Gasteiger partial charge in [0.15, 0.2) is 5.11 Å². The van der Waals surface area contributed by atoms with Gasteiger partial charge in [0.05, 0.1) is 17.8 Å². The van der Waals surface area contributed by atoms with Gasteiger partial charge in [-0.3, -0.25) is 4.98 Å². The highest BCUT2D eigenvalue weighted by atomic mass is 32.1. The Balaban J connectivity index is 1.62. The summed E-state index contributed by atoms with van der Waals surface area (Å²) in [6.07, 6.45) is 4.42. The molecule has 160 valence electrons. The van der Waals surface area contributed by atoms with E-state index in [9.17, 15) is 0 Å². The van der Waals surface area contributed by atoms with Crippen LogP contribution < -0.4 is 10.2 Å². The third-order valence-electron chi connectivity index (χ3n) is 6.69. The van der Waals surface area contributed by atoms with Crippen molar-refractivity contribution >= 4 is 23.0 Å². The first-order valence-electron chi connectivity index (χ1n) is 11.2. The number of aromatic nitrogens is 2. The quantitative estimate of drug-likeness (QED) is 0.493. The number of hydrogen-bond acceptors (Lipinski definition) is 2. The largest absolute Gasteiger partial charge is 0.351 e. The predicted molar refractivity (Wildman–Crippen MR) is 131 cm³/mol. The molecule has 4 nitrogen and oxygen atoms in total. The number of thiocarbonyl (C=S) groups is 1. The molecule has 31 heavy (non-hydrogen) atoms. The van der Waals surface area contributed by atoms with Crippen LogP contribution in [0.5, 0.6) is 0 Å². The number of nitrogens with zero attached hydrogens (tertiary/aromatic N) is 3. The molecule has 0 unspecified atom stereocenters. The van der Waals surface area contributed by atoms with Crippen LogP contribution in [0.15, 0.2) is 54.7 Å². The molecule has 2 atom stereocenters. The SMILES string of the molecule is Cc1cc([C@H]2[C@H](c3ccccn3)NC(=S)N2c2ccc(C(C)C)cc2)c(C)n1C1CC1. The molecular formula is C26H30N4S. The Bertz CT molecular complexity index is 1100. The standard InChI is InChI=1S/C26H30N4S/c1-16(2)19-8-10-21(11-9-19)30-25(22-15-17(3)29(18(22)4)20-12-13-20)24(28-26(30)31)23-7-5-6-14-27-23/h5-11,14-16,20,24-25H,12-13H2,1-4H3,(H,28,31)/t24-,25-/m0/s1. The van der Waals surface area contributed by atoms with Gasteiger partial charge in [-0.15, -0.1) is 0 Å². The van der Waals surface area contributed by atoms with Crippen LogP contribution in [0.2, 0.25) is 0 Å². The number of hydrogen-bond donors (Lipinski definition) is 1. The maximum atomic E-state index is 5.89. The summed E-state index contributed by atoms with van der Waals surface area (Å²) in [4.78, 5) is 6.98. The van der Waals surface area contributed by atoms with Crippen molar-refractivity contribution in [1.82, 2.24) is 14.9 Å². The second kappa shape index (κ2) is 7.79. The van der Waals surface area contributed by atoms with E-state index >= 15 is 0 Å². The summed E-state index contributed by atoms with van der Waals surface area (Å²) in [6.45, 7) is 8.94. The zero-order valence-corrected chi connectivity index (χ0v) is 19.5. The van der Waals surface area contributed by atoms with Gasteiger partial charge < -0.3 is 14.8 Å². The van der Waals surface area contributed by atoms with Crippen molar-refractivity contribution in [3.8, 4) is 0 Å². The lowest BCUT2D eigenvalue weighted by molar-refractivity contribution is 0.562. The zero-order chi connectivity index (χ0) is 21.7. The monoisotopic (exact) mass is 430 g/mol. The Morgan fingerprint density at radius 1 is 1.06 bits per heavy atom. The summed E-state index contributed by atoms with van der Waals surface area (Å²) in [5.41, 5.74) is 7.50. The fraction of sp³-hybridized carbons (Fsp3) is 0.385. The Morgan fingerprint density at radius 3 is 2.42 bits per heavy atom. The van der Waals surface area contributed by atoms with E-state index < -0.39 is 0 Å². The summed E-state index contributed by atoms with van der Waals surface area (Å²) < 4.78 is 2.52. The van der Waals surface area contributed by atoms with Crippen molar-refractivity contribution in [3.63, 3.8) is 0 Å². The van der Waals surface area contributed by atoms with Crippen molar-refractivity contribution in [2.45, 2.75) is 64.6 Å². The van der Waals surface area contributed by atoms with E-state index in [0.717, 1.165) is 16.5 Å². The molecule has 1 saturated carbocycles. The highest BCUT2D eigenvalue weighted by Gasteiger charge is 2.42. The summed E-state index contributed by atoms with van der Waals surface area (Å²) in [5, 5.41) is 4.35. The molecule has 0 bridgehead atoms. The summed E-state index contributed by atoms with van der Waals surface area (Å²) >= 11 is 5.89. The molecule has 2 aromatic heterocycles. The van der Waals surface area contributed by atoms with Gasteiger partial charge in [-0.1, -0.05) is 32.0 Å². The molecule has 3 heterocycles. The number of nitrogens with one attached hydrogen (secondary N) is 1. The van der Waals surface area contributed by atoms with Crippen LogP contribution in [-0.2, 0) is 0 Å². The molecule has 1 aliphatic heterocycles. The van der Waals surface area contributed by atoms with Gasteiger partial charge in [-0.25, -0.2) is 0 Å². The van der Waals surface area contributed by atoms with Crippen molar-refractivity contribution in [1.29, 1.82) is 0 Å². The van der Waals surface area contributed by atoms with Gasteiger partial charge >= 0.3 is 0 Å². The van der Waals surface area contributed by atoms with Crippen molar-refractivity contribution in [2.24, 2.45) is 0 Å². The average molecular weight is 431 g/mol. The van der Waals surface area contributed by atoms with E-state index in [-0.39, 0.29) is 12.1 Å². The molecule has 2 fully saturated rings. The minimum absolute atomic E-state index is 0.00614. The van der Waals surface area contributed by atoms with Crippen LogP contribution in [0, 0.1) is 13.8 Å². The highest BCUT2D eigenvalue weighted by molar-refractivity contribution is 7.80. The van der Waals surface area contributed by atoms with Gasteiger partial charge in [0, 0.05) is 29.3 Å². The fourth-order valence-corrected chi connectivity index (χ4v) is 5.31. The Kier molecular flexibility index (Phi) is 5.09. The fourth-order valence-electron chi connectivity index (χ4n) is 4.97. The van der Waals surface area contributed by atoms with Gasteiger partial charge in [0.1, 0.15) is 0 Å². The average Bonchev–Trinajstić information content (AvgIpc) is 3.48. The molecule has 5 heteroatoms. The maximum absolute atomic E-state index is 5.89. The van der Waals surface area contributed by atoms with Crippen LogP contribution >= 0.6 is 12.2 Å². The molecule has 1 aromatic carbocycles. The molecule has 1 aliphatic carbocycles. The highest BCUT2D eigenvalue weighted by Crippen LogP contribution is 2.46. The second-order valence-electron chi connectivity index (χ2n) is 9.17. The van der Waals surface area contributed by atoms with Gasteiger partial charge in [-0.2, -0.15) is 0 Å².